The van der Waals surface area contributed by atoms with Crippen molar-refractivity contribution in [3.8, 4) is 0 Å². The first-order chi connectivity index (χ1) is 15.8. The van der Waals surface area contributed by atoms with Gasteiger partial charge in [-0.1, -0.05) is 6.08 Å². The predicted octanol–water partition coefficient (Wildman–Crippen LogP) is -0.433. The van der Waals surface area contributed by atoms with Crippen molar-refractivity contribution in [3.63, 3.8) is 0 Å². The summed E-state index contributed by atoms with van der Waals surface area (Å²) in [6.45, 7) is 3.87. The number of rotatable bonds is 11. The molecular weight excluding hydrogens is 452 g/mol. The van der Waals surface area contributed by atoms with E-state index in [-0.39, 0.29) is 25.4 Å². The third kappa shape index (κ3) is 8.59. The van der Waals surface area contributed by atoms with Crippen LogP contribution in [-0.4, -0.2) is 105 Å². The molecule has 0 spiro atoms. The molecule has 1 amide bonds. The van der Waals surface area contributed by atoms with Crippen molar-refractivity contribution in [2.75, 3.05) is 24.7 Å². The van der Waals surface area contributed by atoms with Gasteiger partial charge in [-0.05, 0) is 26.7 Å². The van der Waals surface area contributed by atoms with Crippen LogP contribution in [0.3, 0.4) is 0 Å². The zero-order valence-corrected chi connectivity index (χ0v) is 20.1. The van der Waals surface area contributed by atoms with E-state index in [1.165, 1.54) is 11.8 Å². The Bertz CT molecular complexity index is 662. The quantitative estimate of drug-likeness (QED) is 0.167. The van der Waals surface area contributed by atoms with Crippen LogP contribution in [0.1, 0.15) is 39.5 Å². The summed E-state index contributed by atoms with van der Waals surface area (Å²) in [6, 6.07) is 0. The molecule has 0 aromatic carbocycles. The molecule has 10 nitrogen and oxygen atoms in total. The van der Waals surface area contributed by atoms with Crippen LogP contribution in [0.5, 0.6) is 0 Å². The van der Waals surface area contributed by atoms with Crippen LogP contribution < -0.4 is 5.32 Å². The molecule has 0 bridgehead atoms. The number of nitrogens with zero attached hydrogens (tertiary/aromatic N) is 1. The highest BCUT2D eigenvalue weighted by atomic mass is 32.2. The van der Waals surface area contributed by atoms with Gasteiger partial charge in [0.1, 0.15) is 12.2 Å². The molecule has 0 aromatic heterocycles. The Morgan fingerprint density at radius 3 is 2.61 bits per heavy atom. The van der Waals surface area contributed by atoms with Gasteiger partial charge in [-0.25, -0.2) is 0 Å². The molecule has 8 atom stereocenters. The number of allylic oxidation sites excluding steroid dienone is 1. The van der Waals surface area contributed by atoms with Gasteiger partial charge in [-0.3, -0.25) is 9.79 Å². The minimum Gasteiger partial charge on any atom is -0.396 e. The molecule has 11 heteroatoms. The standard InChI is InChI=1S/C22H38N2O8S/c1-3-14(23-4-2)9-18(28)24-7-8-33-12-15-10-17(27)20(30)22(31-15)32-21-13(11-25)5-6-16(26)19(21)29/h3-4,13,15-17,19-22,25-27,29-30H,5-12H2,1-2H3,(H,24,28)/b14-3-,23-4-. The molecule has 6 N–H and O–H groups in total. The van der Waals surface area contributed by atoms with Crippen LogP contribution in [0.25, 0.3) is 0 Å². The fourth-order valence-corrected chi connectivity index (χ4v) is 4.88. The average Bonchev–Trinajstić information content (AvgIpc) is 2.79. The van der Waals surface area contributed by atoms with Crippen molar-refractivity contribution >= 4 is 23.9 Å². The van der Waals surface area contributed by atoms with Crippen molar-refractivity contribution in [2.45, 2.75) is 82.4 Å². The number of amides is 1. The Morgan fingerprint density at radius 1 is 1.18 bits per heavy atom. The number of carbonyl (C=O) groups is 1. The Labute approximate surface area is 199 Å². The third-order valence-electron chi connectivity index (χ3n) is 5.90. The highest BCUT2D eigenvalue weighted by molar-refractivity contribution is 7.99. The normalized spacial score (nSPS) is 35.7. The third-order valence-corrected chi connectivity index (χ3v) is 7.00. The van der Waals surface area contributed by atoms with E-state index in [1.807, 2.05) is 6.92 Å². The molecule has 0 aromatic rings. The number of aliphatic hydroxyl groups is 5. The number of aliphatic imine (C=N–C) groups is 1. The van der Waals surface area contributed by atoms with Crippen LogP contribution in [0.4, 0.5) is 0 Å². The maximum absolute atomic E-state index is 12.0. The van der Waals surface area contributed by atoms with Gasteiger partial charge in [0.15, 0.2) is 6.29 Å². The van der Waals surface area contributed by atoms with Crippen LogP contribution in [-0.2, 0) is 14.3 Å². The minimum absolute atomic E-state index is 0.109. The summed E-state index contributed by atoms with van der Waals surface area (Å²) in [6.07, 6.45) is -2.37. The molecule has 8 unspecified atom stereocenters. The second-order valence-electron chi connectivity index (χ2n) is 8.37. The first-order valence-corrected chi connectivity index (χ1v) is 12.6. The summed E-state index contributed by atoms with van der Waals surface area (Å²) in [5, 5.41) is 53.3. The van der Waals surface area contributed by atoms with Crippen molar-refractivity contribution in [3.05, 3.63) is 11.8 Å². The molecule has 1 saturated carbocycles. The largest absolute Gasteiger partial charge is 0.396 e. The zero-order chi connectivity index (χ0) is 24.4. The van der Waals surface area contributed by atoms with E-state index in [1.54, 1.807) is 19.2 Å². The number of ether oxygens (including phenoxy) is 2. The first-order valence-electron chi connectivity index (χ1n) is 11.4. The Kier molecular flexibility index (Phi) is 12.3. The number of nitrogens with one attached hydrogen (secondary N) is 1. The zero-order valence-electron chi connectivity index (χ0n) is 19.2. The smallest absolute Gasteiger partial charge is 0.226 e. The second-order valence-corrected chi connectivity index (χ2v) is 9.52. The summed E-state index contributed by atoms with van der Waals surface area (Å²) >= 11 is 1.53. The summed E-state index contributed by atoms with van der Waals surface area (Å²) in [7, 11) is 0. The lowest BCUT2D eigenvalue weighted by molar-refractivity contribution is -0.300. The fraction of sp³-hybridized carbons (Fsp3) is 0.818. The number of hydrogen-bond donors (Lipinski definition) is 6. The summed E-state index contributed by atoms with van der Waals surface area (Å²) < 4.78 is 11.6. The van der Waals surface area contributed by atoms with Crippen molar-refractivity contribution < 1.29 is 39.8 Å². The molecule has 1 saturated heterocycles. The Hall–Kier alpha value is -1.05. The maximum atomic E-state index is 12.0. The van der Waals surface area contributed by atoms with Gasteiger partial charge in [0.25, 0.3) is 0 Å². The van der Waals surface area contributed by atoms with Crippen molar-refractivity contribution in [1.82, 2.24) is 5.32 Å². The SMILES string of the molecule is C/C=N\C(=C/C)CC(=O)NCCSCC1CC(O)C(O)C(OC2C(CO)CCC(O)C2O)O1. The molecule has 33 heavy (non-hydrogen) atoms. The van der Waals surface area contributed by atoms with E-state index in [4.69, 9.17) is 9.47 Å². The van der Waals surface area contributed by atoms with Gasteiger partial charge in [0, 0.05) is 48.9 Å². The van der Waals surface area contributed by atoms with Crippen LogP contribution >= 0.6 is 11.8 Å². The topological polar surface area (TPSA) is 161 Å². The number of thioether (sulfide) groups is 1. The van der Waals surface area contributed by atoms with E-state index in [2.05, 4.69) is 10.3 Å². The van der Waals surface area contributed by atoms with Crippen LogP contribution in [0, 0.1) is 5.92 Å². The number of hydrogen-bond acceptors (Lipinski definition) is 10. The molecule has 0 radical (unpaired) electrons. The van der Waals surface area contributed by atoms with Gasteiger partial charge in [0.05, 0.1) is 30.8 Å². The molecule has 1 heterocycles. The van der Waals surface area contributed by atoms with E-state index in [0.717, 1.165) is 0 Å². The summed E-state index contributed by atoms with van der Waals surface area (Å²) in [5.41, 5.74) is 0.705. The molecule has 2 fully saturated rings. The number of carbonyl (C=O) groups excluding carboxylic acids is 1. The molecule has 1 aliphatic heterocycles. The highest BCUT2D eigenvalue weighted by Crippen LogP contribution is 2.32. The average molecular weight is 491 g/mol. The fourth-order valence-electron chi connectivity index (χ4n) is 3.99. The monoisotopic (exact) mass is 490 g/mol. The Balaban J connectivity index is 1.78. The molecule has 1 aliphatic carbocycles. The lowest BCUT2D eigenvalue weighted by atomic mass is 9.83. The van der Waals surface area contributed by atoms with Gasteiger partial charge < -0.3 is 40.3 Å². The Morgan fingerprint density at radius 2 is 1.94 bits per heavy atom. The van der Waals surface area contributed by atoms with Gasteiger partial charge in [0.2, 0.25) is 5.91 Å². The lowest BCUT2D eigenvalue weighted by Crippen LogP contribution is -2.56. The van der Waals surface area contributed by atoms with E-state index in [0.29, 0.717) is 36.6 Å². The second kappa shape index (κ2) is 14.4. The predicted molar refractivity (Wildman–Crippen MR) is 125 cm³/mol. The van der Waals surface area contributed by atoms with E-state index >= 15 is 0 Å². The lowest BCUT2D eigenvalue weighted by Gasteiger charge is -2.43. The minimum atomic E-state index is -1.30. The maximum Gasteiger partial charge on any atom is 0.226 e. The van der Waals surface area contributed by atoms with Crippen LogP contribution in [0.15, 0.2) is 16.8 Å². The van der Waals surface area contributed by atoms with Gasteiger partial charge in [-0.2, -0.15) is 11.8 Å². The van der Waals surface area contributed by atoms with E-state index in [9.17, 15) is 30.3 Å². The summed E-state index contributed by atoms with van der Waals surface area (Å²) in [5.74, 6) is 0.639. The summed E-state index contributed by atoms with van der Waals surface area (Å²) in [4.78, 5) is 16.1. The first kappa shape index (κ1) is 28.2. The van der Waals surface area contributed by atoms with E-state index < -0.39 is 48.8 Å². The molecule has 2 rings (SSSR count). The van der Waals surface area contributed by atoms with Crippen LogP contribution in [0.2, 0.25) is 0 Å². The molecule has 190 valence electrons. The van der Waals surface area contributed by atoms with Crippen molar-refractivity contribution in [1.29, 1.82) is 0 Å². The van der Waals surface area contributed by atoms with Crippen molar-refractivity contribution in [2.24, 2.45) is 10.9 Å². The number of aliphatic hydroxyl groups excluding tert-OH is 5. The molecule has 2 aliphatic rings. The highest BCUT2D eigenvalue weighted by Gasteiger charge is 2.44. The van der Waals surface area contributed by atoms with Gasteiger partial charge >= 0.3 is 0 Å². The van der Waals surface area contributed by atoms with Gasteiger partial charge in [-0.15, -0.1) is 0 Å². The molecular formula is C22H38N2O8S.